The molecule has 2 atom stereocenters. The minimum absolute atomic E-state index is 0.382. The summed E-state index contributed by atoms with van der Waals surface area (Å²) >= 11 is 11.2. The Balaban J connectivity index is 1.86. The van der Waals surface area contributed by atoms with E-state index in [0.29, 0.717) is 10.5 Å². The summed E-state index contributed by atoms with van der Waals surface area (Å²) in [5.74, 6) is 0. The first-order chi connectivity index (χ1) is 6.74. The lowest BCUT2D eigenvalue weighted by Gasteiger charge is -2.22. The summed E-state index contributed by atoms with van der Waals surface area (Å²) in [6, 6.07) is 1.44. The summed E-state index contributed by atoms with van der Waals surface area (Å²) in [4.78, 5) is 2.42. The highest BCUT2D eigenvalue weighted by atomic mass is 35.5. The number of likely N-dealkylation sites (tertiary alicyclic amines) is 1. The lowest BCUT2D eigenvalue weighted by Crippen LogP contribution is -2.35. The minimum Gasteiger partial charge on any atom is -0.310 e. The average molecular weight is 235 g/mol. The molecule has 2 heterocycles. The Kier molecular flexibility index (Phi) is 3.72. The zero-order valence-electron chi connectivity index (χ0n) is 8.18. The summed E-state index contributed by atoms with van der Waals surface area (Å²) < 4.78 is 0.382. The number of rotatable bonds is 2. The van der Waals surface area contributed by atoms with Gasteiger partial charge in [0, 0.05) is 31.7 Å². The van der Waals surface area contributed by atoms with Crippen molar-refractivity contribution in [3.05, 3.63) is 10.6 Å². The molecular formula is C10H16Cl2N2. The van der Waals surface area contributed by atoms with E-state index in [9.17, 15) is 0 Å². The predicted octanol–water partition coefficient (Wildman–Crippen LogP) is 2.13. The molecule has 0 aromatic rings. The van der Waals surface area contributed by atoms with E-state index >= 15 is 0 Å². The normalized spacial score (nSPS) is 32.7. The van der Waals surface area contributed by atoms with Gasteiger partial charge in [0.15, 0.2) is 0 Å². The van der Waals surface area contributed by atoms with E-state index in [1.807, 2.05) is 6.08 Å². The number of nitrogens with one attached hydrogen (secondary N) is 1. The second-order valence-electron chi connectivity index (χ2n) is 4.18. The van der Waals surface area contributed by atoms with E-state index in [-0.39, 0.29) is 0 Å². The molecule has 1 N–H and O–H groups in total. The molecule has 0 aromatic carbocycles. The fraction of sp³-hybridized carbons (Fsp3) is 0.800. The van der Waals surface area contributed by atoms with Gasteiger partial charge >= 0.3 is 0 Å². The molecule has 0 radical (unpaired) electrons. The minimum atomic E-state index is 0.382. The van der Waals surface area contributed by atoms with Crippen molar-refractivity contribution in [2.75, 3.05) is 19.6 Å². The SMILES string of the molecule is ClC(Cl)=CCN1CCC2CCC(C1)N2. The van der Waals surface area contributed by atoms with Gasteiger partial charge in [-0.15, -0.1) is 0 Å². The van der Waals surface area contributed by atoms with E-state index in [1.54, 1.807) is 0 Å². The van der Waals surface area contributed by atoms with Crippen molar-refractivity contribution in [3.8, 4) is 0 Å². The molecule has 2 rings (SSSR count). The summed E-state index contributed by atoms with van der Waals surface area (Å²) in [5.41, 5.74) is 0. The Morgan fingerprint density at radius 3 is 2.86 bits per heavy atom. The van der Waals surface area contributed by atoms with Gasteiger partial charge in [0.1, 0.15) is 4.49 Å². The number of nitrogens with zero attached hydrogens (tertiary/aromatic N) is 1. The van der Waals surface area contributed by atoms with E-state index in [2.05, 4.69) is 10.2 Å². The van der Waals surface area contributed by atoms with E-state index < -0.39 is 0 Å². The monoisotopic (exact) mass is 234 g/mol. The number of halogens is 2. The van der Waals surface area contributed by atoms with Gasteiger partial charge in [0.25, 0.3) is 0 Å². The highest BCUT2D eigenvalue weighted by molar-refractivity contribution is 6.55. The van der Waals surface area contributed by atoms with Crippen molar-refractivity contribution < 1.29 is 0 Å². The second kappa shape index (κ2) is 4.84. The van der Waals surface area contributed by atoms with Gasteiger partial charge in [-0.3, -0.25) is 4.90 Å². The highest BCUT2D eigenvalue weighted by Gasteiger charge is 2.28. The molecule has 0 aromatic heterocycles. The molecular weight excluding hydrogens is 219 g/mol. The maximum absolute atomic E-state index is 5.60. The van der Waals surface area contributed by atoms with Crippen molar-refractivity contribution in [1.29, 1.82) is 0 Å². The average Bonchev–Trinajstić information content (AvgIpc) is 2.44. The van der Waals surface area contributed by atoms with Crippen LogP contribution in [0.2, 0.25) is 0 Å². The Morgan fingerprint density at radius 2 is 2.07 bits per heavy atom. The number of hydrogen-bond acceptors (Lipinski definition) is 2. The maximum Gasteiger partial charge on any atom is 0.104 e. The van der Waals surface area contributed by atoms with Crippen LogP contribution in [0.1, 0.15) is 19.3 Å². The first kappa shape index (κ1) is 10.7. The molecule has 2 aliphatic heterocycles. The van der Waals surface area contributed by atoms with Crippen molar-refractivity contribution >= 4 is 23.2 Å². The Bertz CT molecular complexity index is 226. The molecule has 2 unspecified atom stereocenters. The lowest BCUT2D eigenvalue weighted by molar-refractivity contribution is 0.285. The first-order valence-electron chi connectivity index (χ1n) is 5.23. The van der Waals surface area contributed by atoms with E-state index in [1.165, 1.54) is 19.3 Å². The van der Waals surface area contributed by atoms with Crippen LogP contribution in [-0.2, 0) is 0 Å². The van der Waals surface area contributed by atoms with E-state index in [0.717, 1.165) is 25.7 Å². The number of hydrogen-bond donors (Lipinski definition) is 1. The molecule has 0 saturated carbocycles. The Hall–Kier alpha value is 0.240. The quantitative estimate of drug-likeness (QED) is 0.788. The third-order valence-electron chi connectivity index (χ3n) is 3.11. The van der Waals surface area contributed by atoms with Crippen LogP contribution in [0.5, 0.6) is 0 Å². The molecule has 2 saturated heterocycles. The third-order valence-corrected chi connectivity index (χ3v) is 3.42. The van der Waals surface area contributed by atoms with Gasteiger partial charge in [0.05, 0.1) is 0 Å². The van der Waals surface area contributed by atoms with Crippen molar-refractivity contribution in [1.82, 2.24) is 10.2 Å². The molecule has 2 aliphatic rings. The summed E-state index contributed by atoms with van der Waals surface area (Å²) in [5, 5.41) is 3.64. The van der Waals surface area contributed by atoms with Gasteiger partial charge < -0.3 is 5.32 Å². The van der Waals surface area contributed by atoms with E-state index in [4.69, 9.17) is 23.2 Å². The molecule has 0 spiro atoms. The second-order valence-corrected chi connectivity index (χ2v) is 5.19. The van der Waals surface area contributed by atoms with Gasteiger partial charge in [0.2, 0.25) is 0 Å². The summed E-state index contributed by atoms with van der Waals surface area (Å²) in [7, 11) is 0. The van der Waals surface area contributed by atoms with Crippen molar-refractivity contribution in [3.63, 3.8) is 0 Å². The van der Waals surface area contributed by atoms with Crippen LogP contribution < -0.4 is 5.32 Å². The van der Waals surface area contributed by atoms with Crippen LogP contribution in [0.15, 0.2) is 10.6 Å². The first-order valence-corrected chi connectivity index (χ1v) is 5.99. The zero-order valence-corrected chi connectivity index (χ0v) is 9.69. The van der Waals surface area contributed by atoms with Crippen LogP contribution in [0.25, 0.3) is 0 Å². The van der Waals surface area contributed by atoms with Crippen LogP contribution >= 0.6 is 23.2 Å². The van der Waals surface area contributed by atoms with Gasteiger partial charge in [-0.2, -0.15) is 0 Å². The van der Waals surface area contributed by atoms with Crippen molar-refractivity contribution in [2.24, 2.45) is 0 Å². The molecule has 2 fully saturated rings. The standard InChI is InChI=1S/C10H16Cl2N2/c11-10(12)4-6-14-5-3-8-1-2-9(7-14)13-8/h4,8-9,13H,1-3,5-7H2. The molecule has 14 heavy (non-hydrogen) atoms. The Morgan fingerprint density at radius 1 is 1.29 bits per heavy atom. The summed E-state index contributed by atoms with van der Waals surface area (Å²) in [6.07, 6.45) is 5.80. The fourth-order valence-electron chi connectivity index (χ4n) is 2.38. The van der Waals surface area contributed by atoms with Crippen LogP contribution in [-0.4, -0.2) is 36.6 Å². The zero-order chi connectivity index (χ0) is 9.97. The summed E-state index contributed by atoms with van der Waals surface area (Å²) in [6.45, 7) is 3.17. The van der Waals surface area contributed by atoms with Crippen LogP contribution in [0.3, 0.4) is 0 Å². The van der Waals surface area contributed by atoms with Crippen molar-refractivity contribution in [2.45, 2.75) is 31.3 Å². The van der Waals surface area contributed by atoms with Crippen LogP contribution in [0, 0.1) is 0 Å². The maximum atomic E-state index is 5.60. The fourth-order valence-corrected chi connectivity index (χ4v) is 2.52. The van der Waals surface area contributed by atoms with Gasteiger partial charge in [-0.25, -0.2) is 0 Å². The number of fused-ring (bicyclic) bond motifs is 2. The molecule has 0 aliphatic carbocycles. The molecule has 80 valence electrons. The smallest absolute Gasteiger partial charge is 0.104 e. The molecule has 2 bridgehead atoms. The topological polar surface area (TPSA) is 15.3 Å². The highest BCUT2D eigenvalue weighted by Crippen LogP contribution is 2.20. The third kappa shape index (κ3) is 2.86. The predicted molar refractivity (Wildman–Crippen MR) is 60.8 cm³/mol. The molecule has 4 heteroatoms. The molecule has 2 nitrogen and oxygen atoms in total. The largest absolute Gasteiger partial charge is 0.310 e. The molecule has 0 amide bonds. The van der Waals surface area contributed by atoms with Gasteiger partial charge in [-0.05, 0) is 25.3 Å². The van der Waals surface area contributed by atoms with Crippen LogP contribution in [0.4, 0.5) is 0 Å². The van der Waals surface area contributed by atoms with Gasteiger partial charge in [-0.1, -0.05) is 23.2 Å². The lowest BCUT2D eigenvalue weighted by atomic mass is 10.1. The Labute approximate surface area is 95.2 Å².